The number of nitrogen functional groups attached to an aromatic ring is 1. The lowest BCUT2D eigenvalue weighted by atomic mass is 10.3. The lowest BCUT2D eigenvalue weighted by Gasteiger charge is -2.09. The van der Waals surface area contributed by atoms with Crippen molar-refractivity contribution in [2.45, 2.75) is 12.2 Å². The molecule has 1 heterocycles. The van der Waals surface area contributed by atoms with Crippen molar-refractivity contribution in [1.82, 2.24) is 9.88 Å². The number of nitrogens with zero attached hydrogens (tertiary/aromatic N) is 1. The Bertz CT molecular complexity index is 348. The van der Waals surface area contributed by atoms with Gasteiger partial charge >= 0.3 is 0 Å². The number of thioether (sulfide) groups is 1. The van der Waals surface area contributed by atoms with E-state index in [9.17, 15) is 4.79 Å². The summed E-state index contributed by atoms with van der Waals surface area (Å²) in [6, 6.07) is 1.68. The number of carbonyl (C=O) groups is 1. The normalized spacial score (nSPS) is 12.5. The molecule has 5 heteroatoms. The highest BCUT2D eigenvalue weighted by Crippen LogP contribution is 2.09. The number of hydrogen-bond acceptors (Lipinski definition) is 3. The van der Waals surface area contributed by atoms with Crippen molar-refractivity contribution in [2.75, 3.05) is 18.5 Å². The Morgan fingerprint density at radius 3 is 2.87 bits per heavy atom. The van der Waals surface area contributed by atoms with Crippen LogP contribution in [0.3, 0.4) is 0 Å². The number of aromatic nitrogens is 1. The molecule has 0 saturated heterocycles. The van der Waals surface area contributed by atoms with E-state index in [4.69, 9.17) is 5.73 Å². The van der Waals surface area contributed by atoms with Gasteiger partial charge in [-0.25, -0.2) is 0 Å². The van der Waals surface area contributed by atoms with E-state index < -0.39 is 0 Å². The van der Waals surface area contributed by atoms with Gasteiger partial charge in [0.05, 0.1) is 5.69 Å². The topological polar surface area (TPSA) is 60.1 Å². The predicted octanol–water partition coefficient (Wildman–Crippen LogP) is 1.09. The highest BCUT2D eigenvalue weighted by Gasteiger charge is 2.11. The van der Waals surface area contributed by atoms with E-state index in [0.717, 1.165) is 0 Å². The number of hydrogen-bond donors (Lipinski definition) is 2. The van der Waals surface area contributed by atoms with Gasteiger partial charge in [0.25, 0.3) is 5.91 Å². The molecule has 1 amide bonds. The van der Waals surface area contributed by atoms with Crippen molar-refractivity contribution >= 4 is 23.4 Å². The van der Waals surface area contributed by atoms with Crippen LogP contribution in [0.1, 0.15) is 17.4 Å². The van der Waals surface area contributed by atoms with Gasteiger partial charge in [0, 0.05) is 25.0 Å². The van der Waals surface area contributed by atoms with Crippen LogP contribution in [-0.4, -0.2) is 28.5 Å². The molecule has 0 bridgehead atoms. The predicted molar refractivity (Wildman–Crippen MR) is 65.1 cm³/mol. The fourth-order valence-electron chi connectivity index (χ4n) is 1.23. The van der Waals surface area contributed by atoms with Gasteiger partial charge < -0.3 is 15.6 Å². The molecule has 0 aromatic carbocycles. The summed E-state index contributed by atoms with van der Waals surface area (Å²) >= 11 is 1.73. The smallest absolute Gasteiger partial charge is 0.268 e. The van der Waals surface area contributed by atoms with Crippen molar-refractivity contribution in [3.05, 3.63) is 18.0 Å². The van der Waals surface area contributed by atoms with Crippen molar-refractivity contribution in [2.24, 2.45) is 7.05 Å². The van der Waals surface area contributed by atoms with Gasteiger partial charge in [-0.05, 0) is 12.3 Å². The van der Waals surface area contributed by atoms with Gasteiger partial charge in [-0.3, -0.25) is 4.79 Å². The average Bonchev–Trinajstić information content (AvgIpc) is 2.53. The van der Waals surface area contributed by atoms with Crippen LogP contribution in [0.25, 0.3) is 0 Å². The summed E-state index contributed by atoms with van der Waals surface area (Å²) in [6.45, 7) is 2.75. The molecule has 0 aliphatic heterocycles. The van der Waals surface area contributed by atoms with Gasteiger partial charge in [0.2, 0.25) is 0 Å². The second kappa shape index (κ2) is 5.11. The molecule has 1 unspecified atom stereocenters. The fourth-order valence-corrected chi connectivity index (χ4v) is 1.48. The van der Waals surface area contributed by atoms with Crippen LogP contribution in [0.5, 0.6) is 0 Å². The maximum Gasteiger partial charge on any atom is 0.268 e. The number of carbonyl (C=O) groups excluding carboxylic acids is 1. The van der Waals surface area contributed by atoms with Crippen LogP contribution in [0.2, 0.25) is 0 Å². The SMILES string of the molecule is CSC(C)CNC(=O)c1cc(N)cn1C. The molecule has 4 nitrogen and oxygen atoms in total. The largest absolute Gasteiger partial charge is 0.397 e. The van der Waals surface area contributed by atoms with Gasteiger partial charge in [0.1, 0.15) is 5.69 Å². The molecule has 1 rings (SSSR count). The molecule has 1 aromatic rings. The molecule has 1 atom stereocenters. The number of nitrogens with one attached hydrogen (secondary N) is 1. The zero-order valence-electron chi connectivity index (χ0n) is 9.28. The standard InChI is InChI=1S/C10H17N3OS/c1-7(15-3)5-12-10(14)9-4-8(11)6-13(9)2/h4,6-7H,5,11H2,1-3H3,(H,12,14). The fraction of sp³-hybridized carbons (Fsp3) is 0.500. The summed E-state index contributed by atoms with van der Waals surface area (Å²) < 4.78 is 1.73. The van der Waals surface area contributed by atoms with E-state index in [2.05, 4.69) is 12.2 Å². The zero-order chi connectivity index (χ0) is 11.4. The summed E-state index contributed by atoms with van der Waals surface area (Å²) in [5.41, 5.74) is 6.80. The monoisotopic (exact) mass is 227 g/mol. The molecule has 15 heavy (non-hydrogen) atoms. The van der Waals surface area contributed by atoms with Crippen LogP contribution in [0, 0.1) is 0 Å². The Hall–Kier alpha value is -1.10. The first-order chi connectivity index (χ1) is 7.04. The summed E-state index contributed by atoms with van der Waals surface area (Å²) in [4.78, 5) is 11.7. The Labute approximate surface area is 94.2 Å². The summed E-state index contributed by atoms with van der Waals surface area (Å²) in [6.07, 6.45) is 3.75. The Kier molecular flexibility index (Phi) is 4.08. The minimum atomic E-state index is -0.0740. The average molecular weight is 227 g/mol. The summed E-state index contributed by atoms with van der Waals surface area (Å²) in [5, 5.41) is 3.29. The molecule has 3 N–H and O–H groups in total. The van der Waals surface area contributed by atoms with E-state index in [1.54, 1.807) is 28.6 Å². The third kappa shape index (κ3) is 3.20. The Morgan fingerprint density at radius 1 is 1.73 bits per heavy atom. The number of aryl methyl sites for hydroxylation is 1. The first-order valence-electron chi connectivity index (χ1n) is 4.77. The third-order valence-electron chi connectivity index (χ3n) is 2.21. The third-order valence-corrected chi connectivity index (χ3v) is 3.18. The molecule has 1 aromatic heterocycles. The second-order valence-electron chi connectivity index (χ2n) is 3.53. The Balaban J connectivity index is 2.58. The Morgan fingerprint density at radius 2 is 2.40 bits per heavy atom. The van der Waals surface area contributed by atoms with E-state index in [1.165, 1.54) is 0 Å². The number of anilines is 1. The van der Waals surface area contributed by atoms with Crippen molar-refractivity contribution in [3.63, 3.8) is 0 Å². The number of rotatable bonds is 4. The summed E-state index contributed by atoms with van der Waals surface area (Å²) in [7, 11) is 1.81. The summed E-state index contributed by atoms with van der Waals surface area (Å²) in [5.74, 6) is -0.0740. The van der Waals surface area contributed by atoms with Crippen LogP contribution in [0.15, 0.2) is 12.3 Å². The van der Waals surface area contributed by atoms with Gasteiger partial charge in [-0.15, -0.1) is 0 Å². The van der Waals surface area contributed by atoms with Crippen LogP contribution in [0.4, 0.5) is 5.69 Å². The maximum atomic E-state index is 11.7. The van der Waals surface area contributed by atoms with Crippen LogP contribution in [-0.2, 0) is 7.05 Å². The molecule has 0 radical (unpaired) electrons. The molecule has 0 spiro atoms. The van der Waals surface area contributed by atoms with E-state index in [-0.39, 0.29) is 5.91 Å². The lowest BCUT2D eigenvalue weighted by molar-refractivity contribution is 0.0946. The van der Waals surface area contributed by atoms with Crippen LogP contribution >= 0.6 is 11.8 Å². The van der Waals surface area contributed by atoms with E-state index in [0.29, 0.717) is 23.2 Å². The van der Waals surface area contributed by atoms with Crippen LogP contribution < -0.4 is 11.1 Å². The molecular formula is C10H17N3OS. The first-order valence-corrected chi connectivity index (χ1v) is 6.06. The number of amides is 1. The lowest BCUT2D eigenvalue weighted by Crippen LogP contribution is -2.30. The molecule has 84 valence electrons. The first kappa shape index (κ1) is 12.0. The van der Waals surface area contributed by atoms with Crippen molar-refractivity contribution in [3.8, 4) is 0 Å². The van der Waals surface area contributed by atoms with Crippen molar-refractivity contribution in [1.29, 1.82) is 0 Å². The van der Waals surface area contributed by atoms with E-state index in [1.807, 2.05) is 13.3 Å². The highest BCUT2D eigenvalue weighted by atomic mass is 32.2. The molecule has 0 saturated carbocycles. The molecular weight excluding hydrogens is 210 g/mol. The second-order valence-corrected chi connectivity index (χ2v) is 4.80. The van der Waals surface area contributed by atoms with Gasteiger partial charge in [-0.1, -0.05) is 6.92 Å². The van der Waals surface area contributed by atoms with Gasteiger partial charge in [0.15, 0.2) is 0 Å². The highest BCUT2D eigenvalue weighted by molar-refractivity contribution is 7.99. The minimum Gasteiger partial charge on any atom is -0.397 e. The number of nitrogens with two attached hydrogens (primary N) is 1. The minimum absolute atomic E-state index is 0.0740. The maximum absolute atomic E-state index is 11.7. The quantitative estimate of drug-likeness (QED) is 0.809. The molecule has 0 aliphatic carbocycles. The molecule has 0 aliphatic rings. The molecule has 0 fully saturated rings. The zero-order valence-corrected chi connectivity index (χ0v) is 10.1. The van der Waals surface area contributed by atoms with E-state index >= 15 is 0 Å². The van der Waals surface area contributed by atoms with Gasteiger partial charge in [-0.2, -0.15) is 11.8 Å². The van der Waals surface area contributed by atoms with Crippen molar-refractivity contribution < 1.29 is 4.79 Å².